The molecule has 1 unspecified atom stereocenters. The van der Waals surface area contributed by atoms with Gasteiger partial charge in [0.05, 0.1) is 5.97 Å². The second-order valence-electron chi connectivity index (χ2n) is 1.57. The van der Waals surface area contributed by atoms with Crippen LogP contribution in [0.1, 0.15) is 0 Å². The molecule has 4 nitrogen and oxygen atoms in total. The average Bonchev–Trinajstić information content (AvgIpc) is 2.00. The van der Waals surface area contributed by atoms with E-state index in [1.165, 1.54) is 0 Å². The van der Waals surface area contributed by atoms with E-state index in [-0.39, 0.29) is 29.6 Å². The number of esters is 1. The summed E-state index contributed by atoms with van der Waals surface area (Å²) in [6.45, 7) is 0. The molecule has 0 N–H and O–H groups in total. The summed E-state index contributed by atoms with van der Waals surface area (Å²) in [4.78, 5) is 20.4. The molecule has 0 fully saturated rings. The smallest absolute Gasteiger partial charge is 0.545 e. The summed E-state index contributed by atoms with van der Waals surface area (Å²) in [6.07, 6.45) is 6.19. The van der Waals surface area contributed by atoms with E-state index in [9.17, 15) is 14.7 Å². The van der Waals surface area contributed by atoms with Gasteiger partial charge in [0.2, 0.25) is 4.11 Å². The fourth-order valence-electron chi connectivity index (χ4n) is 0.311. The number of hydrogen-bond acceptors (Lipinski definition) is 4. The maximum absolute atomic E-state index is 10.6. The van der Waals surface area contributed by atoms with Crippen LogP contribution in [0.5, 0.6) is 0 Å². The van der Waals surface area contributed by atoms with Gasteiger partial charge in [-0.05, 0) is 28.7 Å². The van der Waals surface area contributed by atoms with Crippen molar-refractivity contribution in [1.29, 1.82) is 0 Å². The number of ether oxygens (including phenoxy) is 1. The molecule has 0 aliphatic rings. The monoisotopic (exact) mass is 302 g/mol. The van der Waals surface area contributed by atoms with Crippen LogP contribution >= 0.6 is 22.6 Å². The van der Waals surface area contributed by atoms with Crippen molar-refractivity contribution in [1.82, 2.24) is 0 Å². The molecular weight excluding hydrogens is 298 g/mol. The Bertz CT molecular complexity index is 256. The maximum atomic E-state index is 10.6. The number of rotatable bonds is 3. The summed E-state index contributed by atoms with van der Waals surface area (Å²) in [5.41, 5.74) is 0. The zero-order valence-electron chi connectivity index (χ0n) is 6.82. The summed E-state index contributed by atoms with van der Waals surface area (Å²) in [7, 11) is 0. The summed E-state index contributed by atoms with van der Waals surface area (Å²) >= 11 is 1.70. The predicted octanol–water partition coefficient (Wildman–Crippen LogP) is -3.77. The Morgan fingerprint density at radius 3 is 2.46 bits per heavy atom. The predicted molar refractivity (Wildman–Crippen MR) is 46.9 cm³/mol. The second-order valence-corrected chi connectivity index (χ2v) is 2.70. The van der Waals surface area contributed by atoms with Gasteiger partial charge in [-0.3, -0.25) is 0 Å². The second kappa shape index (κ2) is 8.56. The average molecular weight is 302 g/mol. The molecule has 13 heavy (non-hydrogen) atoms. The Morgan fingerprint density at radius 1 is 1.54 bits per heavy atom. The van der Waals surface area contributed by atoms with Gasteiger partial charge in [-0.15, -0.1) is 6.42 Å². The van der Waals surface area contributed by atoms with Gasteiger partial charge < -0.3 is 14.6 Å². The Kier molecular flexibility index (Phi) is 10.2. The zero-order chi connectivity index (χ0) is 9.56. The van der Waals surface area contributed by atoms with Crippen molar-refractivity contribution in [2.75, 3.05) is 0 Å². The molecule has 0 aromatic rings. The van der Waals surface area contributed by atoms with Crippen LogP contribution in [0.15, 0.2) is 12.2 Å². The van der Waals surface area contributed by atoms with Gasteiger partial charge in [0.15, 0.2) is 0 Å². The number of carbonyl (C=O) groups is 2. The van der Waals surface area contributed by atoms with Crippen LogP contribution < -0.4 is 34.7 Å². The van der Waals surface area contributed by atoms with Gasteiger partial charge in [-0.2, -0.15) is 0 Å². The third kappa shape index (κ3) is 9.89. The number of hydrogen-bond donors (Lipinski definition) is 0. The van der Waals surface area contributed by atoms with Crippen molar-refractivity contribution in [3.63, 3.8) is 0 Å². The van der Waals surface area contributed by atoms with Crippen LogP contribution in [0.3, 0.4) is 0 Å². The molecule has 0 saturated heterocycles. The minimum Gasteiger partial charge on any atom is -0.545 e. The first-order chi connectivity index (χ1) is 5.56. The third-order valence-corrected chi connectivity index (χ3v) is 1.32. The molecule has 0 spiro atoms. The van der Waals surface area contributed by atoms with Crippen molar-refractivity contribution in [2.45, 2.75) is 4.11 Å². The summed E-state index contributed by atoms with van der Waals surface area (Å²) in [5, 5.41) is 9.81. The van der Waals surface area contributed by atoms with E-state index in [1.54, 1.807) is 22.6 Å². The fraction of sp³-hybridized carbons (Fsp3) is 0.143. The molecule has 0 radical (unpaired) electrons. The number of carbonyl (C=O) groups excluding carboxylic acids is 2. The molecule has 0 rings (SSSR count). The summed E-state index contributed by atoms with van der Waals surface area (Å²) in [6, 6.07) is 0. The van der Waals surface area contributed by atoms with Crippen molar-refractivity contribution in [3.8, 4) is 12.3 Å². The van der Waals surface area contributed by atoms with E-state index >= 15 is 0 Å². The van der Waals surface area contributed by atoms with Crippen LogP contribution in [0, 0.1) is 12.3 Å². The largest absolute Gasteiger partial charge is 1.00 e. The van der Waals surface area contributed by atoms with Crippen LogP contribution in [0.2, 0.25) is 0 Å². The fourth-order valence-corrected chi connectivity index (χ4v) is 0.562. The molecule has 0 aliphatic carbocycles. The number of terminal acetylenes is 1. The molecule has 0 bridgehead atoms. The normalized spacial score (nSPS) is 11.1. The van der Waals surface area contributed by atoms with Gasteiger partial charge in [-0.1, -0.05) is 5.92 Å². The standard InChI is InChI=1S/C7H5IO4.Na/c1-2-5(8)12-7(11)4-3-6(9)10;/h1,3-5H,(H,9,10);/q;+1/p-1/b4-3-;. The van der Waals surface area contributed by atoms with Gasteiger partial charge in [0.25, 0.3) is 0 Å². The molecule has 0 saturated carbocycles. The summed E-state index contributed by atoms with van der Waals surface area (Å²) in [5.74, 6) is -0.139. The first kappa shape index (κ1) is 15.4. The molecule has 1 atom stereocenters. The molecule has 0 heterocycles. The van der Waals surface area contributed by atoms with Crippen molar-refractivity contribution in [2.24, 2.45) is 0 Å². The minimum atomic E-state index is -1.46. The van der Waals surface area contributed by atoms with E-state index in [2.05, 4.69) is 10.7 Å². The third-order valence-electron chi connectivity index (χ3n) is 0.706. The SMILES string of the molecule is C#CC(I)OC(=O)/C=C\C(=O)[O-].[Na+]. The number of alkyl halides is 1. The Balaban J connectivity index is 0. The van der Waals surface area contributed by atoms with E-state index in [0.717, 1.165) is 6.08 Å². The quantitative estimate of drug-likeness (QED) is 0.134. The zero-order valence-corrected chi connectivity index (χ0v) is 11.0. The van der Waals surface area contributed by atoms with E-state index in [0.29, 0.717) is 6.08 Å². The van der Waals surface area contributed by atoms with Crippen LogP contribution in [0.25, 0.3) is 0 Å². The Hall–Kier alpha value is -0.0300. The number of halogens is 1. The topological polar surface area (TPSA) is 66.4 Å². The van der Waals surface area contributed by atoms with Crippen molar-refractivity contribution in [3.05, 3.63) is 12.2 Å². The molecular formula is C7H4INaO4. The van der Waals surface area contributed by atoms with E-state index in [1.807, 2.05) is 0 Å². The minimum absolute atomic E-state index is 0. The molecule has 6 heteroatoms. The molecule has 0 aromatic heterocycles. The number of aliphatic carboxylic acids is 1. The van der Waals surface area contributed by atoms with Gasteiger partial charge in [-0.25, -0.2) is 4.79 Å². The molecule has 0 amide bonds. The first-order valence-electron chi connectivity index (χ1n) is 2.76. The summed E-state index contributed by atoms with van der Waals surface area (Å²) < 4.78 is 3.79. The Labute approximate surface area is 111 Å². The molecule has 0 aromatic carbocycles. The molecule has 64 valence electrons. The van der Waals surface area contributed by atoms with Crippen LogP contribution in [-0.4, -0.2) is 16.0 Å². The van der Waals surface area contributed by atoms with E-state index < -0.39 is 16.0 Å². The first-order valence-corrected chi connectivity index (χ1v) is 4.00. The van der Waals surface area contributed by atoms with Crippen molar-refractivity contribution >= 4 is 34.5 Å². The number of carboxylic acids is 1. The van der Waals surface area contributed by atoms with E-state index in [4.69, 9.17) is 6.42 Å². The van der Waals surface area contributed by atoms with Crippen LogP contribution in [-0.2, 0) is 14.3 Å². The van der Waals surface area contributed by atoms with Crippen LogP contribution in [0.4, 0.5) is 0 Å². The van der Waals surface area contributed by atoms with Gasteiger partial charge in [0.1, 0.15) is 0 Å². The van der Waals surface area contributed by atoms with Crippen molar-refractivity contribution < 1.29 is 49.0 Å². The molecule has 0 aliphatic heterocycles. The van der Waals surface area contributed by atoms with Gasteiger partial charge >= 0.3 is 35.5 Å². The maximum Gasteiger partial charge on any atom is 1.00 e. The van der Waals surface area contributed by atoms with Gasteiger partial charge in [0, 0.05) is 6.08 Å². The number of carboxylic acid groups (broad SMARTS) is 1. The Morgan fingerprint density at radius 2 is 2.08 bits per heavy atom.